The maximum Gasteiger partial charge on any atom is 0.377 e. The van der Waals surface area contributed by atoms with Crippen molar-refractivity contribution in [1.82, 2.24) is 0 Å². The van der Waals surface area contributed by atoms with E-state index < -0.39 is 18.9 Å². The summed E-state index contributed by atoms with van der Waals surface area (Å²) in [6, 6.07) is 6.01. The highest BCUT2D eigenvalue weighted by molar-refractivity contribution is 9.10. The van der Waals surface area contributed by atoms with E-state index in [1.165, 1.54) is 12.1 Å². The molecule has 0 unspecified atom stereocenters. The summed E-state index contributed by atoms with van der Waals surface area (Å²) in [6.45, 7) is 0. The second kappa shape index (κ2) is 6.15. The van der Waals surface area contributed by atoms with Crippen LogP contribution in [0.1, 0.15) is 5.56 Å². The Kier molecular flexibility index (Phi) is 5.29. The third-order valence-corrected chi connectivity index (χ3v) is 5.32. The Morgan fingerprint density at radius 1 is 1.21 bits per heavy atom. The molecule has 1 aromatic carbocycles. The fourth-order valence-electron chi connectivity index (χ4n) is 1.55. The number of methoxy groups -OCH3 is 1. The first kappa shape index (κ1) is 16.3. The summed E-state index contributed by atoms with van der Waals surface area (Å²) >= 11 is 3.22. The molecule has 0 aliphatic rings. The third kappa shape index (κ3) is 2.75. The molecule has 1 atom stereocenters. The van der Waals surface area contributed by atoms with Gasteiger partial charge in [-0.15, -0.1) is 0 Å². The van der Waals surface area contributed by atoms with E-state index in [1.54, 1.807) is 12.1 Å². The van der Waals surface area contributed by atoms with Crippen LogP contribution < -0.4 is 0 Å². The Hall–Kier alpha value is -0.720. The summed E-state index contributed by atoms with van der Waals surface area (Å²) in [5.74, 6) is -1.12. The number of carbonyl (C=O) groups excluding carboxylic acids is 1. The number of esters is 1. The van der Waals surface area contributed by atoms with Gasteiger partial charge in [0, 0.05) is 24.3 Å². The van der Waals surface area contributed by atoms with Gasteiger partial charge >= 0.3 is 13.6 Å². The SMILES string of the molecule is COC(=O)[C@](O)(c1ccc(Br)cc1)P(=O)(OC)OC. The lowest BCUT2D eigenvalue weighted by molar-refractivity contribution is -0.156. The van der Waals surface area contributed by atoms with Crippen molar-refractivity contribution in [2.75, 3.05) is 21.3 Å². The maximum atomic E-state index is 12.5. The largest absolute Gasteiger partial charge is 0.466 e. The van der Waals surface area contributed by atoms with Gasteiger partial charge in [0.1, 0.15) is 0 Å². The van der Waals surface area contributed by atoms with Crippen LogP contribution in [-0.4, -0.2) is 32.4 Å². The molecule has 0 heterocycles. The zero-order valence-electron chi connectivity index (χ0n) is 10.6. The number of halogens is 1. The van der Waals surface area contributed by atoms with Gasteiger partial charge < -0.3 is 18.9 Å². The van der Waals surface area contributed by atoms with Gasteiger partial charge in [0.15, 0.2) is 0 Å². The fraction of sp³-hybridized carbons (Fsp3) is 0.364. The van der Waals surface area contributed by atoms with Crippen LogP contribution in [0.3, 0.4) is 0 Å². The van der Waals surface area contributed by atoms with E-state index in [9.17, 15) is 14.5 Å². The molecule has 106 valence electrons. The van der Waals surface area contributed by atoms with Gasteiger partial charge in [0.05, 0.1) is 7.11 Å². The van der Waals surface area contributed by atoms with Gasteiger partial charge in [-0.25, -0.2) is 4.79 Å². The number of hydrogen-bond donors (Lipinski definition) is 1. The zero-order valence-corrected chi connectivity index (χ0v) is 13.1. The minimum atomic E-state index is -4.15. The quantitative estimate of drug-likeness (QED) is 0.646. The normalized spacial score (nSPS) is 14.8. The molecule has 0 saturated carbocycles. The first-order valence-corrected chi connectivity index (χ1v) is 7.47. The van der Waals surface area contributed by atoms with Gasteiger partial charge in [0.2, 0.25) is 0 Å². The minimum absolute atomic E-state index is 0.0505. The van der Waals surface area contributed by atoms with Gasteiger partial charge in [-0.2, -0.15) is 0 Å². The molecule has 19 heavy (non-hydrogen) atoms. The summed E-state index contributed by atoms with van der Waals surface area (Å²) in [5.41, 5.74) is 0.0505. The first-order valence-electron chi connectivity index (χ1n) is 5.14. The lowest BCUT2D eigenvalue weighted by atomic mass is 10.1. The van der Waals surface area contributed by atoms with Crippen molar-refractivity contribution in [1.29, 1.82) is 0 Å². The van der Waals surface area contributed by atoms with Crippen molar-refractivity contribution < 1.29 is 28.3 Å². The van der Waals surface area contributed by atoms with Crippen molar-refractivity contribution >= 4 is 29.5 Å². The average Bonchev–Trinajstić information content (AvgIpc) is 2.45. The van der Waals surface area contributed by atoms with E-state index in [0.29, 0.717) is 0 Å². The van der Waals surface area contributed by atoms with Crippen LogP contribution in [0.15, 0.2) is 28.7 Å². The molecule has 0 aliphatic heterocycles. The molecular weight excluding hydrogens is 339 g/mol. The number of hydrogen-bond acceptors (Lipinski definition) is 6. The highest BCUT2D eigenvalue weighted by atomic mass is 79.9. The van der Waals surface area contributed by atoms with Crippen molar-refractivity contribution in [2.45, 2.75) is 5.34 Å². The standard InChI is InChI=1S/C11H14BrO6P/c1-16-10(13)11(14,19(15,17-2)18-3)8-4-6-9(12)7-5-8/h4-7,14H,1-3H3/t11-/m0/s1. The van der Waals surface area contributed by atoms with Gasteiger partial charge in [-0.1, -0.05) is 28.1 Å². The molecule has 6 nitrogen and oxygen atoms in total. The summed E-state index contributed by atoms with van der Waals surface area (Å²) in [6.07, 6.45) is 0. The summed E-state index contributed by atoms with van der Waals surface area (Å²) in [7, 11) is -0.915. The molecule has 0 bridgehead atoms. The van der Waals surface area contributed by atoms with Crippen LogP contribution in [0.5, 0.6) is 0 Å². The Balaban J connectivity index is 3.48. The van der Waals surface area contributed by atoms with Crippen LogP contribution >= 0.6 is 23.5 Å². The fourth-order valence-corrected chi connectivity index (χ4v) is 3.27. The van der Waals surface area contributed by atoms with E-state index in [4.69, 9.17) is 9.05 Å². The Morgan fingerprint density at radius 3 is 2.05 bits per heavy atom. The Bertz CT molecular complexity index is 494. The van der Waals surface area contributed by atoms with E-state index in [-0.39, 0.29) is 5.56 Å². The first-order chi connectivity index (χ1) is 8.85. The molecule has 1 aromatic rings. The van der Waals surface area contributed by atoms with Crippen LogP contribution in [-0.2, 0) is 28.5 Å². The molecule has 0 aliphatic carbocycles. The smallest absolute Gasteiger partial charge is 0.377 e. The van der Waals surface area contributed by atoms with Crippen molar-refractivity contribution in [3.8, 4) is 0 Å². The molecule has 0 aromatic heterocycles. The van der Waals surface area contributed by atoms with Gasteiger partial charge in [-0.3, -0.25) is 4.57 Å². The molecule has 0 spiro atoms. The van der Waals surface area contributed by atoms with E-state index in [0.717, 1.165) is 25.8 Å². The average molecular weight is 353 g/mol. The molecule has 0 radical (unpaired) electrons. The monoisotopic (exact) mass is 352 g/mol. The van der Waals surface area contributed by atoms with Gasteiger partial charge in [-0.05, 0) is 12.1 Å². The summed E-state index contributed by atoms with van der Waals surface area (Å²) in [5, 5.41) is 8.04. The highest BCUT2D eigenvalue weighted by Gasteiger charge is 2.58. The number of benzene rings is 1. The molecular formula is C11H14BrO6P. The van der Waals surface area contributed by atoms with Crippen molar-refractivity contribution in [3.63, 3.8) is 0 Å². The Labute approximate surface area is 119 Å². The molecule has 0 amide bonds. The molecule has 0 saturated heterocycles. The van der Waals surface area contributed by atoms with Crippen LogP contribution in [0, 0.1) is 0 Å². The molecule has 1 rings (SSSR count). The lowest BCUT2D eigenvalue weighted by Gasteiger charge is -2.30. The van der Waals surface area contributed by atoms with E-state index in [1.807, 2.05) is 0 Å². The molecule has 0 fully saturated rings. The summed E-state index contributed by atoms with van der Waals surface area (Å²) < 4.78 is 27.2. The zero-order chi connectivity index (χ0) is 14.7. The number of aliphatic hydroxyl groups is 1. The Morgan fingerprint density at radius 2 is 1.68 bits per heavy atom. The van der Waals surface area contributed by atoms with Crippen LogP contribution in [0.25, 0.3) is 0 Å². The topological polar surface area (TPSA) is 82.1 Å². The third-order valence-electron chi connectivity index (χ3n) is 2.59. The molecule has 1 N–H and O–H groups in total. The number of rotatable bonds is 5. The van der Waals surface area contributed by atoms with Gasteiger partial charge in [0.25, 0.3) is 5.34 Å². The summed E-state index contributed by atoms with van der Waals surface area (Å²) in [4.78, 5) is 11.9. The minimum Gasteiger partial charge on any atom is -0.466 e. The predicted molar refractivity (Wildman–Crippen MR) is 71.7 cm³/mol. The van der Waals surface area contributed by atoms with Crippen LogP contribution in [0.4, 0.5) is 0 Å². The van der Waals surface area contributed by atoms with E-state index >= 15 is 0 Å². The maximum absolute atomic E-state index is 12.5. The highest BCUT2D eigenvalue weighted by Crippen LogP contribution is 2.63. The van der Waals surface area contributed by atoms with Crippen molar-refractivity contribution in [3.05, 3.63) is 34.3 Å². The second-order valence-corrected chi connectivity index (χ2v) is 6.82. The number of carbonyl (C=O) groups is 1. The lowest BCUT2D eigenvalue weighted by Crippen LogP contribution is -2.37. The van der Waals surface area contributed by atoms with E-state index in [2.05, 4.69) is 20.7 Å². The molecule has 8 heteroatoms. The second-order valence-electron chi connectivity index (χ2n) is 3.53. The van der Waals surface area contributed by atoms with Crippen LogP contribution in [0.2, 0.25) is 0 Å². The number of ether oxygens (including phenoxy) is 1. The van der Waals surface area contributed by atoms with Crippen molar-refractivity contribution in [2.24, 2.45) is 0 Å². The predicted octanol–water partition coefficient (Wildman–Crippen LogP) is 2.25.